The van der Waals surface area contributed by atoms with Crippen LogP contribution < -0.4 is 15.4 Å². The number of carbonyl (C=O) groups is 1. The van der Waals surface area contributed by atoms with E-state index in [9.17, 15) is 10.1 Å². The number of benzene rings is 1. The van der Waals surface area contributed by atoms with Crippen molar-refractivity contribution in [3.63, 3.8) is 0 Å². The van der Waals surface area contributed by atoms with Gasteiger partial charge in [0.15, 0.2) is 0 Å². The summed E-state index contributed by atoms with van der Waals surface area (Å²) in [5.74, 6) is 1.46. The maximum absolute atomic E-state index is 11.7. The molecule has 1 fully saturated rings. The van der Waals surface area contributed by atoms with Crippen molar-refractivity contribution >= 4 is 34.9 Å². The van der Waals surface area contributed by atoms with Crippen molar-refractivity contribution in [1.29, 1.82) is 5.26 Å². The lowest BCUT2D eigenvalue weighted by molar-refractivity contribution is -0.127. The summed E-state index contributed by atoms with van der Waals surface area (Å²) in [7, 11) is 1.64. The molecule has 0 aliphatic carbocycles. The predicted octanol–water partition coefficient (Wildman–Crippen LogP) is 3.44. The van der Waals surface area contributed by atoms with Gasteiger partial charge in [0.05, 0.1) is 23.5 Å². The summed E-state index contributed by atoms with van der Waals surface area (Å²) in [6.07, 6.45) is 4.06. The number of hydrogen-bond donors (Lipinski definition) is 2. The van der Waals surface area contributed by atoms with Crippen LogP contribution in [-0.2, 0) is 4.79 Å². The van der Waals surface area contributed by atoms with Gasteiger partial charge in [0.2, 0.25) is 11.9 Å². The van der Waals surface area contributed by atoms with Crippen molar-refractivity contribution < 1.29 is 9.53 Å². The molecule has 2 aliphatic rings. The molecule has 9 heteroatoms. The predicted molar refractivity (Wildman–Crippen MR) is 125 cm³/mol. The van der Waals surface area contributed by atoms with Crippen LogP contribution in [0.15, 0.2) is 47.0 Å². The Bertz CT molecular complexity index is 1110. The van der Waals surface area contributed by atoms with Crippen LogP contribution in [-0.4, -0.2) is 47.5 Å². The number of nitriles is 1. The Kier molecular flexibility index (Phi) is 6.92. The van der Waals surface area contributed by atoms with Crippen LogP contribution in [0.1, 0.15) is 30.5 Å². The number of ether oxygens (including phenoxy) is 1. The molecule has 32 heavy (non-hydrogen) atoms. The molecule has 0 unspecified atom stereocenters. The van der Waals surface area contributed by atoms with Crippen LogP contribution in [0.4, 0.5) is 5.95 Å². The fraction of sp³-hybridized carbons (Fsp3) is 0.304. The lowest BCUT2D eigenvalue weighted by Gasteiger charge is -2.15. The highest BCUT2D eigenvalue weighted by atomic mass is 32.2. The molecule has 1 amide bonds. The molecule has 4 rings (SSSR count). The molecule has 0 spiro atoms. The van der Waals surface area contributed by atoms with Crippen LogP contribution in [0.5, 0.6) is 5.75 Å². The van der Waals surface area contributed by atoms with Crippen LogP contribution >= 0.6 is 11.8 Å². The zero-order valence-corrected chi connectivity index (χ0v) is 18.6. The summed E-state index contributed by atoms with van der Waals surface area (Å²) < 4.78 is 5.44. The molecule has 1 aromatic heterocycles. The van der Waals surface area contributed by atoms with Gasteiger partial charge in [0.1, 0.15) is 17.4 Å². The molecule has 1 saturated heterocycles. The highest BCUT2D eigenvalue weighted by Gasteiger charge is 2.21. The lowest BCUT2D eigenvalue weighted by Crippen LogP contribution is -2.27. The minimum Gasteiger partial charge on any atom is -0.496 e. The van der Waals surface area contributed by atoms with Gasteiger partial charge in [-0.2, -0.15) is 5.26 Å². The smallest absolute Gasteiger partial charge is 0.223 e. The molecule has 164 valence electrons. The molecule has 0 bridgehead atoms. The van der Waals surface area contributed by atoms with Crippen molar-refractivity contribution in [3.8, 4) is 11.8 Å². The Labute approximate surface area is 191 Å². The molecule has 8 nitrogen and oxygen atoms in total. The second-order valence-corrected chi connectivity index (χ2v) is 8.20. The molecular formula is C23H24N6O2S. The summed E-state index contributed by atoms with van der Waals surface area (Å²) in [4.78, 5) is 22.4. The molecule has 2 N–H and O–H groups in total. The van der Waals surface area contributed by atoms with Crippen LogP contribution in [0.2, 0.25) is 0 Å². The van der Waals surface area contributed by atoms with E-state index in [2.05, 4.69) is 26.7 Å². The van der Waals surface area contributed by atoms with E-state index in [1.165, 1.54) is 11.8 Å². The van der Waals surface area contributed by atoms with E-state index in [1.807, 2.05) is 34.6 Å². The van der Waals surface area contributed by atoms with Crippen molar-refractivity contribution in [2.24, 2.45) is 0 Å². The van der Waals surface area contributed by atoms with E-state index in [-0.39, 0.29) is 5.91 Å². The maximum Gasteiger partial charge on any atom is 0.223 e. The molecule has 0 saturated carbocycles. The average Bonchev–Trinajstić information content (AvgIpc) is 3.47. The summed E-state index contributed by atoms with van der Waals surface area (Å²) >= 11 is 1.44. The van der Waals surface area contributed by atoms with Crippen molar-refractivity contribution in [2.45, 2.75) is 19.3 Å². The van der Waals surface area contributed by atoms with Crippen LogP contribution in [0.3, 0.4) is 0 Å². The first-order valence-electron chi connectivity index (χ1n) is 10.5. The van der Waals surface area contributed by atoms with Gasteiger partial charge in [-0.3, -0.25) is 4.79 Å². The number of rotatable bonds is 8. The Morgan fingerprint density at radius 3 is 3.03 bits per heavy atom. The zero-order valence-electron chi connectivity index (χ0n) is 17.8. The number of thioether (sulfide) groups is 1. The second kappa shape index (κ2) is 10.2. The number of aromatic nitrogens is 2. The minimum absolute atomic E-state index is 0.233. The molecule has 1 aromatic carbocycles. The summed E-state index contributed by atoms with van der Waals surface area (Å²) in [5.41, 5.74) is 2.80. The van der Waals surface area contributed by atoms with E-state index in [0.717, 1.165) is 42.9 Å². The van der Waals surface area contributed by atoms with E-state index < -0.39 is 0 Å². The molecule has 2 aromatic rings. The number of anilines is 1. The maximum atomic E-state index is 11.7. The number of allylic oxidation sites excluding steroid dienone is 1. The van der Waals surface area contributed by atoms with Crippen LogP contribution in [0.25, 0.3) is 11.3 Å². The third-order valence-corrected chi connectivity index (χ3v) is 6.15. The fourth-order valence-electron chi connectivity index (χ4n) is 3.64. The summed E-state index contributed by atoms with van der Waals surface area (Å²) in [6.45, 7) is 2.23. The van der Waals surface area contributed by atoms with Crippen molar-refractivity contribution in [1.82, 2.24) is 20.2 Å². The quantitative estimate of drug-likeness (QED) is 0.468. The van der Waals surface area contributed by atoms with Crippen LogP contribution in [0, 0.1) is 11.3 Å². The Morgan fingerprint density at radius 2 is 2.25 bits per heavy atom. The highest BCUT2D eigenvalue weighted by Crippen LogP contribution is 2.37. The van der Waals surface area contributed by atoms with Gasteiger partial charge in [-0.1, -0.05) is 23.9 Å². The fourth-order valence-corrected chi connectivity index (χ4v) is 4.50. The lowest BCUT2D eigenvalue weighted by atomic mass is 10.1. The van der Waals surface area contributed by atoms with E-state index >= 15 is 0 Å². The zero-order chi connectivity index (χ0) is 22.3. The van der Waals surface area contributed by atoms with Gasteiger partial charge < -0.3 is 20.3 Å². The van der Waals surface area contributed by atoms with E-state index in [1.54, 1.807) is 19.4 Å². The first-order chi connectivity index (χ1) is 15.7. The van der Waals surface area contributed by atoms with Gasteiger partial charge in [0, 0.05) is 43.2 Å². The minimum atomic E-state index is 0.233. The molecule has 0 atom stereocenters. The molecule has 0 radical (unpaired) electrons. The third kappa shape index (κ3) is 4.86. The Morgan fingerprint density at radius 1 is 1.38 bits per heavy atom. The number of likely N-dealkylation sites (tertiary alicyclic amines) is 1. The first-order valence-corrected chi connectivity index (χ1v) is 11.3. The van der Waals surface area contributed by atoms with Gasteiger partial charge >= 0.3 is 0 Å². The van der Waals surface area contributed by atoms with Gasteiger partial charge in [-0.15, -0.1) is 0 Å². The third-order valence-electron chi connectivity index (χ3n) is 5.25. The van der Waals surface area contributed by atoms with Gasteiger partial charge in [-0.25, -0.2) is 9.97 Å². The van der Waals surface area contributed by atoms with Crippen molar-refractivity contribution in [2.75, 3.05) is 32.1 Å². The summed E-state index contributed by atoms with van der Waals surface area (Å²) in [6, 6.07) is 11.7. The summed E-state index contributed by atoms with van der Waals surface area (Å²) in [5, 5.41) is 19.0. The number of hydrogen-bond acceptors (Lipinski definition) is 8. The largest absolute Gasteiger partial charge is 0.496 e. The highest BCUT2D eigenvalue weighted by molar-refractivity contribution is 8.06. The molecule has 2 aliphatic heterocycles. The number of nitrogens with one attached hydrogen (secondary N) is 2. The van der Waals surface area contributed by atoms with Crippen molar-refractivity contribution in [3.05, 3.63) is 58.2 Å². The van der Waals surface area contributed by atoms with Gasteiger partial charge in [-0.05, 0) is 31.0 Å². The first kappa shape index (κ1) is 21.7. The number of amides is 1. The topological polar surface area (TPSA) is 103 Å². The number of para-hydroxylation sites is 1. The average molecular weight is 449 g/mol. The Hall–Kier alpha value is -3.51. The molecular weight excluding hydrogens is 424 g/mol. The number of methoxy groups -OCH3 is 1. The normalized spacial score (nSPS) is 16.9. The monoisotopic (exact) mass is 448 g/mol. The SMILES string of the molecule is COc1ccccc1C1=CS/C(=C(/C#N)c2ccnc(NCCCN3CCCC3=O)n2)N1. The van der Waals surface area contributed by atoms with E-state index in [4.69, 9.17) is 4.74 Å². The standard InChI is InChI=1S/C23H24N6O2S/c1-31-20-7-3-2-6-16(20)19-15-32-22(27-19)17(14-24)18-9-11-26-23(28-18)25-10-5-13-29-12-4-8-21(29)30/h2-3,6-7,9,11,15,27H,4-5,8,10,12-13H2,1H3,(H,25,26,28)/b22-17-. The second-order valence-electron chi connectivity index (χ2n) is 7.32. The van der Waals surface area contributed by atoms with E-state index in [0.29, 0.717) is 35.2 Å². The Balaban J connectivity index is 1.42. The molecule has 3 heterocycles. The van der Waals surface area contributed by atoms with Gasteiger partial charge in [0.25, 0.3) is 0 Å². The number of nitrogens with zero attached hydrogens (tertiary/aromatic N) is 4. The number of carbonyl (C=O) groups excluding carboxylic acids is 1.